The number of rotatable bonds is 5. The molecule has 6 nitrogen and oxygen atoms in total. The third-order valence-electron chi connectivity index (χ3n) is 4.08. The first kappa shape index (κ1) is 15.0. The molecule has 1 unspecified atom stereocenters. The second-order valence-corrected chi connectivity index (χ2v) is 5.58. The average Bonchev–Trinajstić information content (AvgIpc) is 2.83. The molecule has 1 atom stereocenters. The maximum absolute atomic E-state index is 12.3. The summed E-state index contributed by atoms with van der Waals surface area (Å²) >= 11 is 0. The van der Waals surface area contributed by atoms with E-state index in [1.807, 2.05) is 6.92 Å². The number of nitrogens with one attached hydrogen (secondary N) is 1. The number of aryl methyl sites for hydroxylation is 1. The van der Waals surface area contributed by atoms with Crippen LogP contribution in [0, 0.1) is 12.8 Å². The Morgan fingerprint density at radius 2 is 2.15 bits per heavy atom. The van der Waals surface area contributed by atoms with Crippen molar-refractivity contribution in [1.29, 1.82) is 0 Å². The zero-order chi connectivity index (χ0) is 14.6. The van der Waals surface area contributed by atoms with Gasteiger partial charge in [-0.2, -0.15) is 4.98 Å². The second-order valence-electron chi connectivity index (χ2n) is 5.58. The topological polar surface area (TPSA) is 88.3 Å². The van der Waals surface area contributed by atoms with Crippen molar-refractivity contribution in [1.82, 2.24) is 15.5 Å². The van der Waals surface area contributed by atoms with Crippen LogP contribution in [0.3, 0.4) is 0 Å². The molecule has 1 fully saturated rings. The van der Waals surface area contributed by atoms with E-state index in [-0.39, 0.29) is 18.4 Å². The van der Waals surface area contributed by atoms with Gasteiger partial charge in [0.25, 0.3) is 0 Å². The zero-order valence-electron chi connectivity index (χ0n) is 12.2. The highest BCUT2D eigenvalue weighted by molar-refractivity contribution is 5.79. The number of carbonyl (C=O) groups is 1. The van der Waals surface area contributed by atoms with E-state index in [0.717, 1.165) is 19.3 Å². The maximum atomic E-state index is 12.3. The predicted octanol–water partition coefficient (Wildman–Crippen LogP) is 1.72. The van der Waals surface area contributed by atoms with Crippen molar-refractivity contribution in [3.05, 3.63) is 11.7 Å². The quantitative estimate of drug-likeness (QED) is 0.858. The van der Waals surface area contributed by atoms with Crippen LogP contribution in [0.25, 0.3) is 0 Å². The summed E-state index contributed by atoms with van der Waals surface area (Å²) in [5.74, 6) is 0.438. The molecule has 2 N–H and O–H groups in total. The van der Waals surface area contributed by atoms with Gasteiger partial charge in [-0.15, -0.1) is 0 Å². The highest BCUT2D eigenvalue weighted by atomic mass is 16.5. The molecular formula is C14H23N3O3. The molecule has 1 heterocycles. The highest BCUT2D eigenvalue weighted by Gasteiger charge is 2.40. The van der Waals surface area contributed by atoms with Crippen molar-refractivity contribution in [3.8, 4) is 0 Å². The molecule has 20 heavy (non-hydrogen) atoms. The monoisotopic (exact) mass is 281 g/mol. The van der Waals surface area contributed by atoms with Gasteiger partial charge < -0.3 is 14.9 Å². The summed E-state index contributed by atoms with van der Waals surface area (Å²) in [7, 11) is 0. The molecule has 1 aliphatic rings. The lowest BCUT2D eigenvalue weighted by Gasteiger charge is -2.37. The molecule has 0 radical (unpaired) electrons. The Labute approximate surface area is 118 Å². The summed E-state index contributed by atoms with van der Waals surface area (Å²) in [6, 6.07) is 0. The van der Waals surface area contributed by atoms with E-state index in [9.17, 15) is 9.90 Å². The Morgan fingerprint density at radius 3 is 2.70 bits per heavy atom. The fraction of sp³-hybridized carbons (Fsp3) is 0.786. The summed E-state index contributed by atoms with van der Waals surface area (Å²) in [5.41, 5.74) is -0.859. The smallest absolute Gasteiger partial charge is 0.246 e. The van der Waals surface area contributed by atoms with E-state index < -0.39 is 5.60 Å². The first-order valence-corrected chi connectivity index (χ1v) is 7.34. The molecule has 0 saturated heterocycles. The van der Waals surface area contributed by atoms with Crippen molar-refractivity contribution in [3.63, 3.8) is 0 Å². The van der Waals surface area contributed by atoms with Crippen LogP contribution < -0.4 is 5.32 Å². The van der Waals surface area contributed by atoms with Crippen molar-refractivity contribution in [2.45, 2.75) is 64.5 Å². The van der Waals surface area contributed by atoms with Crippen LogP contribution in [-0.4, -0.2) is 26.8 Å². The molecule has 6 heteroatoms. The molecule has 1 saturated carbocycles. The van der Waals surface area contributed by atoms with Crippen LogP contribution in [-0.2, 0) is 11.3 Å². The molecule has 0 bridgehead atoms. The summed E-state index contributed by atoms with van der Waals surface area (Å²) in [6.07, 6.45) is 5.16. The van der Waals surface area contributed by atoms with Gasteiger partial charge in [-0.05, 0) is 26.2 Å². The van der Waals surface area contributed by atoms with Crippen molar-refractivity contribution >= 4 is 5.91 Å². The lowest BCUT2D eigenvalue weighted by atomic mass is 9.74. The summed E-state index contributed by atoms with van der Waals surface area (Å²) in [5, 5.41) is 17.2. The van der Waals surface area contributed by atoms with Gasteiger partial charge in [0.2, 0.25) is 11.8 Å². The van der Waals surface area contributed by atoms with E-state index in [2.05, 4.69) is 15.5 Å². The highest BCUT2D eigenvalue weighted by Crippen LogP contribution is 2.36. The lowest BCUT2D eigenvalue weighted by molar-refractivity contribution is -0.138. The van der Waals surface area contributed by atoms with Crippen LogP contribution >= 0.6 is 0 Å². The minimum atomic E-state index is -0.859. The Morgan fingerprint density at radius 1 is 1.45 bits per heavy atom. The zero-order valence-corrected chi connectivity index (χ0v) is 12.2. The molecular weight excluding hydrogens is 258 g/mol. The van der Waals surface area contributed by atoms with Gasteiger partial charge in [0.05, 0.1) is 18.1 Å². The summed E-state index contributed by atoms with van der Waals surface area (Å²) < 4.78 is 4.96. The van der Waals surface area contributed by atoms with E-state index in [1.54, 1.807) is 6.92 Å². The number of hydrogen-bond acceptors (Lipinski definition) is 5. The minimum Gasteiger partial charge on any atom is -0.389 e. The molecule has 1 aromatic rings. The number of aliphatic hydroxyl groups is 1. The molecule has 0 aromatic carbocycles. The minimum absolute atomic E-state index is 0.132. The molecule has 0 spiro atoms. The fourth-order valence-corrected chi connectivity index (χ4v) is 3.02. The van der Waals surface area contributed by atoms with Gasteiger partial charge in [0.15, 0.2) is 5.82 Å². The van der Waals surface area contributed by atoms with Gasteiger partial charge in [-0.25, -0.2) is 0 Å². The van der Waals surface area contributed by atoms with Crippen molar-refractivity contribution in [2.75, 3.05) is 0 Å². The van der Waals surface area contributed by atoms with Crippen LogP contribution in [0.15, 0.2) is 4.52 Å². The first-order chi connectivity index (χ1) is 9.55. The van der Waals surface area contributed by atoms with Gasteiger partial charge in [-0.3, -0.25) is 4.79 Å². The van der Waals surface area contributed by atoms with Crippen LogP contribution in [0.5, 0.6) is 0 Å². The molecule has 0 aliphatic heterocycles. The maximum Gasteiger partial charge on any atom is 0.246 e. The predicted molar refractivity (Wildman–Crippen MR) is 72.7 cm³/mol. The van der Waals surface area contributed by atoms with E-state index in [1.165, 1.54) is 0 Å². The normalized spacial score (nSPS) is 19.6. The fourth-order valence-electron chi connectivity index (χ4n) is 3.02. The number of amides is 1. The third kappa shape index (κ3) is 3.36. The number of aromatic nitrogens is 2. The van der Waals surface area contributed by atoms with Gasteiger partial charge in [0.1, 0.15) is 0 Å². The lowest BCUT2D eigenvalue weighted by Crippen LogP contribution is -2.47. The van der Waals surface area contributed by atoms with Crippen LogP contribution in [0.2, 0.25) is 0 Å². The second kappa shape index (κ2) is 6.35. The largest absolute Gasteiger partial charge is 0.389 e. The molecule has 112 valence electrons. The Kier molecular flexibility index (Phi) is 4.75. The van der Waals surface area contributed by atoms with Gasteiger partial charge in [0, 0.05) is 0 Å². The molecule has 1 aliphatic carbocycles. The van der Waals surface area contributed by atoms with Crippen LogP contribution in [0.1, 0.15) is 57.2 Å². The number of nitrogens with zero attached hydrogens (tertiary/aromatic N) is 2. The van der Waals surface area contributed by atoms with Gasteiger partial charge >= 0.3 is 0 Å². The summed E-state index contributed by atoms with van der Waals surface area (Å²) in [4.78, 5) is 16.3. The van der Waals surface area contributed by atoms with E-state index in [0.29, 0.717) is 31.0 Å². The molecule has 1 aromatic heterocycles. The Hall–Kier alpha value is -1.43. The standard InChI is InChI=1S/C14H23N3O3/c1-3-11(14(19)7-5-4-6-8-14)13(18)15-9-12-16-10(2)17-20-12/h11,19H,3-9H2,1-2H3,(H,15,18). The third-order valence-corrected chi connectivity index (χ3v) is 4.08. The Balaban J connectivity index is 1.94. The molecule has 1 amide bonds. The number of hydrogen-bond donors (Lipinski definition) is 2. The molecule has 2 rings (SSSR count). The Bertz CT molecular complexity index is 452. The van der Waals surface area contributed by atoms with E-state index >= 15 is 0 Å². The van der Waals surface area contributed by atoms with E-state index in [4.69, 9.17) is 4.52 Å². The van der Waals surface area contributed by atoms with Crippen LogP contribution in [0.4, 0.5) is 0 Å². The first-order valence-electron chi connectivity index (χ1n) is 7.34. The summed E-state index contributed by atoms with van der Waals surface area (Å²) in [6.45, 7) is 3.88. The average molecular weight is 281 g/mol. The SMILES string of the molecule is CCC(C(=O)NCc1nc(C)no1)C1(O)CCCCC1. The van der Waals surface area contributed by atoms with Crippen molar-refractivity contribution in [2.24, 2.45) is 5.92 Å². The van der Waals surface area contributed by atoms with Gasteiger partial charge in [-0.1, -0.05) is 31.3 Å². The van der Waals surface area contributed by atoms with Crippen molar-refractivity contribution < 1.29 is 14.4 Å². The number of carbonyl (C=O) groups excluding carboxylic acids is 1.